The first kappa shape index (κ1) is 19.0. The number of carbonyl (C=O) groups excluding carboxylic acids is 3. The van der Waals surface area contributed by atoms with Crippen molar-refractivity contribution in [3.8, 4) is 0 Å². The second kappa shape index (κ2) is 5.56. The molecular formula is C24H30O6. The van der Waals surface area contributed by atoms with Crippen LogP contribution >= 0.6 is 0 Å². The average molecular weight is 414 g/mol. The van der Waals surface area contributed by atoms with Crippen LogP contribution in [-0.4, -0.2) is 42.1 Å². The molecule has 0 N–H and O–H groups in total. The van der Waals surface area contributed by atoms with Crippen LogP contribution in [-0.2, 0) is 28.6 Å². The molecule has 0 aromatic carbocycles. The highest BCUT2D eigenvalue weighted by atomic mass is 16.6. The molecule has 1 unspecified atom stereocenters. The van der Waals surface area contributed by atoms with Crippen LogP contribution in [0.5, 0.6) is 0 Å². The van der Waals surface area contributed by atoms with E-state index in [1.54, 1.807) is 0 Å². The van der Waals surface area contributed by atoms with Gasteiger partial charge in [0.1, 0.15) is 17.0 Å². The number of hydrogen-bond acceptors (Lipinski definition) is 6. The lowest BCUT2D eigenvalue weighted by molar-refractivity contribution is -0.169. The Balaban J connectivity index is 1.50. The fourth-order valence-corrected chi connectivity index (χ4v) is 8.59. The molecule has 2 spiro atoms. The van der Waals surface area contributed by atoms with Crippen LogP contribution in [0, 0.1) is 28.6 Å². The molecule has 0 radical (unpaired) electrons. The van der Waals surface area contributed by atoms with Gasteiger partial charge < -0.3 is 14.2 Å². The highest BCUT2D eigenvalue weighted by Crippen LogP contribution is 2.77. The molecule has 2 heterocycles. The Kier molecular flexibility index (Phi) is 3.53. The summed E-state index contributed by atoms with van der Waals surface area (Å²) in [6.45, 7) is 4.50. The van der Waals surface area contributed by atoms with E-state index in [0.717, 1.165) is 37.7 Å². The first-order chi connectivity index (χ1) is 14.2. The maximum absolute atomic E-state index is 13.0. The van der Waals surface area contributed by atoms with Gasteiger partial charge in [-0.1, -0.05) is 25.5 Å². The Morgan fingerprint density at radius 3 is 2.67 bits per heavy atom. The van der Waals surface area contributed by atoms with Crippen molar-refractivity contribution in [2.24, 2.45) is 28.6 Å². The lowest BCUT2D eigenvalue weighted by Crippen LogP contribution is -2.62. The zero-order chi connectivity index (χ0) is 21.1. The maximum atomic E-state index is 13.0. The fourth-order valence-electron chi connectivity index (χ4n) is 8.59. The van der Waals surface area contributed by atoms with Gasteiger partial charge in [0.15, 0.2) is 0 Å². The maximum Gasteiger partial charge on any atom is 0.312 e. The Bertz CT molecular complexity index is 907. The highest BCUT2D eigenvalue weighted by molar-refractivity contribution is 5.84. The van der Waals surface area contributed by atoms with Crippen molar-refractivity contribution >= 4 is 17.7 Å². The largest absolute Gasteiger partial charge is 0.469 e. The first-order valence-electron chi connectivity index (χ1n) is 11.4. The van der Waals surface area contributed by atoms with Crippen LogP contribution in [0.4, 0.5) is 0 Å². The molecule has 8 atom stereocenters. The predicted molar refractivity (Wildman–Crippen MR) is 105 cm³/mol. The third kappa shape index (κ3) is 1.94. The van der Waals surface area contributed by atoms with E-state index >= 15 is 0 Å². The van der Waals surface area contributed by atoms with E-state index in [4.69, 9.17) is 14.2 Å². The summed E-state index contributed by atoms with van der Waals surface area (Å²) in [5.74, 6) is -0.292. The Hall–Kier alpha value is -1.69. The van der Waals surface area contributed by atoms with Crippen molar-refractivity contribution in [1.29, 1.82) is 0 Å². The van der Waals surface area contributed by atoms with Gasteiger partial charge in [-0.05, 0) is 38.0 Å². The molecule has 0 aromatic rings. The number of rotatable bonds is 1. The summed E-state index contributed by atoms with van der Waals surface area (Å²) in [7, 11) is 1.44. The minimum Gasteiger partial charge on any atom is -0.469 e. The monoisotopic (exact) mass is 414 g/mol. The Morgan fingerprint density at radius 2 is 1.97 bits per heavy atom. The minimum atomic E-state index is -0.430. The number of Topliss-reactive ketones (excluding diaryl/α,β-unsaturated/α-hetero) is 1. The van der Waals surface area contributed by atoms with Crippen molar-refractivity contribution in [2.75, 3.05) is 7.11 Å². The van der Waals surface area contributed by atoms with Crippen molar-refractivity contribution in [3.63, 3.8) is 0 Å². The summed E-state index contributed by atoms with van der Waals surface area (Å²) in [6, 6.07) is 0. The standard InChI is InChI=1S/C24H30O6/c1-21-7-4-14(25)10-13(21)11-15(20(27)28-3)19-16-5-8-23(9-6-18(26)30-23)22(16,2)12-17-24(19,21)29-17/h11,15-17,19H,4-10,12H2,1-3H3/t15-,16+,17-,19+,21+,22+,23-,24?/m1/s1. The zero-order valence-corrected chi connectivity index (χ0v) is 18.0. The summed E-state index contributed by atoms with van der Waals surface area (Å²) in [5, 5.41) is 0. The number of fused-ring (bicyclic) bond motifs is 4. The molecule has 3 saturated carbocycles. The molecule has 6 nitrogen and oxygen atoms in total. The number of ether oxygens (including phenoxy) is 3. The highest BCUT2D eigenvalue weighted by Gasteiger charge is 2.83. The lowest BCUT2D eigenvalue weighted by atomic mass is 9.44. The van der Waals surface area contributed by atoms with E-state index in [-0.39, 0.29) is 46.5 Å². The summed E-state index contributed by atoms with van der Waals surface area (Å²) in [6.07, 6.45) is 7.74. The first-order valence-corrected chi connectivity index (χ1v) is 11.4. The van der Waals surface area contributed by atoms with Gasteiger partial charge in [-0.3, -0.25) is 14.4 Å². The van der Waals surface area contributed by atoms with Crippen LogP contribution < -0.4 is 0 Å². The van der Waals surface area contributed by atoms with Crippen LogP contribution in [0.1, 0.15) is 65.2 Å². The van der Waals surface area contributed by atoms with Gasteiger partial charge in [-0.25, -0.2) is 0 Å². The van der Waals surface area contributed by atoms with E-state index in [9.17, 15) is 14.4 Å². The van der Waals surface area contributed by atoms with E-state index in [0.29, 0.717) is 19.3 Å². The molecule has 5 fully saturated rings. The van der Waals surface area contributed by atoms with Gasteiger partial charge in [0.2, 0.25) is 0 Å². The smallest absolute Gasteiger partial charge is 0.312 e. The molecule has 2 saturated heterocycles. The van der Waals surface area contributed by atoms with Crippen molar-refractivity contribution in [1.82, 2.24) is 0 Å². The molecule has 2 aliphatic heterocycles. The number of epoxide rings is 1. The summed E-state index contributed by atoms with van der Waals surface area (Å²) >= 11 is 0. The van der Waals surface area contributed by atoms with Crippen molar-refractivity contribution in [3.05, 3.63) is 11.6 Å². The molecule has 6 aliphatic rings. The number of esters is 2. The van der Waals surface area contributed by atoms with Crippen LogP contribution in [0.15, 0.2) is 11.6 Å². The van der Waals surface area contributed by atoms with Crippen molar-refractivity contribution in [2.45, 2.75) is 82.5 Å². The lowest BCUT2D eigenvalue weighted by Gasteiger charge is -2.57. The van der Waals surface area contributed by atoms with E-state index in [1.807, 2.05) is 0 Å². The Morgan fingerprint density at radius 1 is 1.17 bits per heavy atom. The zero-order valence-electron chi connectivity index (χ0n) is 18.0. The van der Waals surface area contributed by atoms with Crippen molar-refractivity contribution < 1.29 is 28.6 Å². The van der Waals surface area contributed by atoms with Gasteiger partial charge in [-0.2, -0.15) is 0 Å². The predicted octanol–water partition coefficient (Wildman–Crippen LogP) is 3.12. The molecule has 6 rings (SSSR count). The molecule has 0 bridgehead atoms. The number of methoxy groups -OCH3 is 1. The summed E-state index contributed by atoms with van der Waals surface area (Å²) in [5.41, 5.74) is -0.191. The van der Waals surface area contributed by atoms with Crippen LogP contribution in [0.3, 0.4) is 0 Å². The third-order valence-electron chi connectivity index (χ3n) is 10.2. The molecule has 0 aromatic heterocycles. The number of hydrogen-bond donors (Lipinski definition) is 0. The van der Waals surface area contributed by atoms with Gasteiger partial charge in [0.05, 0.1) is 19.1 Å². The third-order valence-corrected chi connectivity index (χ3v) is 10.2. The second-order valence-corrected chi connectivity index (χ2v) is 10.9. The quantitative estimate of drug-likeness (QED) is 0.372. The number of ketones is 1. The summed E-state index contributed by atoms with van der Waals surface area (Å²) in [4.78, 5) is 37.4. The number of carbonyl (C=O) groups is 3. The van der Waals surface area contributed by atoms with Gasteiger partial charge in [0.25, 0.3) is 0 Å². The molecule has 4 aliphatic carbocycles. The van der Waals surface area contributed by atoms with Crippen LogP contribution in [0.25, 0.3) is 0 Å². The molecule has 0 amide bonds. The Labute approximate surface area is 176 Å². The SMILES string of the molecule is COC(=O)[C@@H]1C=C2CC(=O)CC[C@]2(C)C23O[C@@H]2C[C@@]2(C)[C@@H](CC[C@@]24CCC(=O)O4)[C@H]13. The van der Waals surface area contributed by atoms with Gasteiger partial charge in [-0.15, -0.1) is 0 Å². The topological polar surface area (TPSA) is 82.2 Å². The van der Waals surface area contributed by atoms with E-state index < -0.39 is 17.1 Å². The molecule has 162 valence electrons. The van der Waals surface area contributed by atoms with Gasteiger partial charge >= 0.3 is 11.9 Å². The molecular weight excluding hydrogens is 384 g/mol. The summed E-state index contributed by atoms with van der Waals surface area (Å²) < 4.78 is 17.9. The van der Waals surface area contributed by atoms with E-state index in [1.165, 1.54) is 7.11 Å². The van der Waals surface area contributed by atoms with Crippen LogP contribution in [0.2, 0.25) is 0 Å². The normalized spacial score (nSPS) is 53.2. The molecule has 30 heavy (non-hydrogen) atoms. The minimum absolute atomic E-state index is 0.00525. The van der Waals surface area contributed by atoms with Gasteiger partial charge in [0, 0.05) is 36.0 Å². The second-order valence-electron chi connectivity index (χ2n) is 10.9. The van der Waals surface area contributed by atoms with E-state index in [2.05, 4.69) is 19.9 Å². The molecule has 6 heteroatoms. The average Bonchev–Trinajstić information content (AvgIpc) is 3.20. The fraction of sp³-hybridized carbons (Fsp3) is 0.792.